The molecule has 0 bridgehead atoms. The van der Waals surface area contributed by atoms with Gasteiger partial charge in [0.15, 0.2) is 17.3 Å². The molecule has 4 rings (SSSR count). The minimum absolute atomic E-state index is 0.0794. The van der Waals surface area contributed by atoms with Crippen LogP contribution in [0.25, 0.3) is 16.7 Å². The Hall–Kier alpha value is -3.53. The quantitative estimate of drug-likeness (QED) is 0.383. The highest BCUT2D eigenvalue weighted by atomic mass is 32.3. The van der Waals surface area contributed by atoms with Gasteiger partial charge in [-0.05, 0) is 24.6 Å². The molecular weight excluding hydrogens is 485 g/mol. The molecule has 0 radical (unpaired) electrons. The van der Waals surface area contributed by atoms with Gasteiger partial charge in [0.25, 0.3) is 0 Å². The van der Waals surface area contributed by atoms with Crippen LogP contribution in [0, 0.1) is 17.5 Å². The van der Waals surface area contributed by atoms with E-state index in [0.717, 1.165) is 29.0 Å². The molecule has 3 heterocycles. The SMILES string of the molecule is NC1CCN(c2nc3c(cc2F)c(=O)c(C(=O)O)cn3-c2ccc(F)cc2F)C1.O=S(=O)(O)O. The highest BCUT2D eigenvalue weighted by molar-refractivity contribution is 7.79. The van der Waals surface area contributed by atoms with Gasteiger partial charge in [-0.25, -0.2) is 22.9 Å². The number of benzene rings is 1. The van der Waals surface area contributed by atoms with Crippen LogP contribution in [-0.2, 0) is 10.4 Å². The van der Waals surface area contributed by atoms with Crippen LogP contribution in [0.4, 0.5) is 19.0 Å². The number of nitrogens with zero attached hydrogens (tertiary/aromatic N) is 3. The first-order valence-corrected chi connectivity index (χ1v) is 10.8. The maximum absolute atomic E-state index is 14.7. The number of hydrogen-bond donors (Lipinski definition) is 4. The van der Waals surface area contributed by atoms with Crippen molar-refractivity contribution in [2.45, 2.75) is 12.5 Å². The summed E-state index contributed by atoms with van der Waals surface area (Å²) in [7, 11) is -4.67. The van der Waals surface area contributed by atoms with Crippen LogP contribution in [0.5, 0.6) is 0 Å². The first-order chi connectivity index (χ1) is 15.8. The lowest BCUT2D eigenvalue weighted by molar-refractivity contribution is 0.0695. The monoisotopic (exact) mass is 502 g/mol. The first-order valence-electron chi connectivity index (χ1n) is 9.41. The minimum atomic E-state index is -4.67. The molecule has 0 spiro atoms. The summed E-state index contributed by atoms with van der Waals surface area (Å²) in [5.74, 6) is -4.30. The summed E-state index contributed by atoms with van der Waals surface area (Å²) in [5.41, 5.74) is 3.82. The maximum Gasteiger partial charge on any atom is 0.394 e. The molecule has 1 unspecified atom stereocenters. The molecule has 1 atom stereocenters. The molecule has 182 valence electrons. The number of fused-ring (bicyclic) bond motifs is 1. The smallest absolute Gasteiger partial charge is 0.394 e. The van der Waals surface area contributed by atoms with E-state index in [0.29, 0.717) is 25.6 Å². The third kappa shape index (κ3) is 5.51. The van der Waals surface area contributed by atoms with Crippen LogP contribution in [0.1, 0.15) is 16.8 Å². The number of rotatable bonds is 3. The number of halogens is 3. The Balaban J connectivity index is 0.000000588. The number of hydrogen-bond acceptors (Lipinski definition) is 7. The Bertz CT molecular complexity index is 1440. The van der Waals surface area contributed by atoms with Crippen LogP contribution in [0.2, 0.25) is 0 Å². The summed E-state index contributed by atoms with van der Waals surface area (Å²) in [6, 6.07) is 3.39. The average molecular weight is 502 g/mol. The first kappa shape index (κ1) is 25.1. The van der Waals surface area contributed by atoms with E-state index >= 15 is 0 Å². The molecule has 1 aliphatic rings. The molecule has 34 heavy (non-hydrogen) atoms. The number of anilines is 1. The second-order valence-corrected chi connectivity index (χ2v) is 8.15. The number of carboxylic acids is 1. The van der Waals surface area contributed by atoms with Crippen molar-refractivity contribution in [3.05, 3.63) is 63.7 Å². The van der Waals surface area contributed by atoms with Gasteiger partial charge in [-0.1, -0.05) is 0 Å². The summed E-state index contributed by atoms with van der Waals surface area (Å²) < 4.78 is 75.0. The maximum atomic E-state index is 14.7. The molecule has 2 aromatic heterocycles. The van der Waals surface area contributed by atoms with Gasteiger partial charge in [0.05, 0.1) is 11.1 Å². The number of aromatic carboxylic acids is 1. The van der Waals surface area contributed by atoms with Crippen LogP contribution < -0.4 is 16.1 Å². The predicted molar refractivity (Wildman–Crippen MR) is 113 cm³/mol. The zero-order valence-corrected chi connectivity index (χ0v) is 17.8. The standard InChI is InChI=1S/C19H15F3N4O3.H2O4S/c20-9-1-2-15(13(21)5-9)26-8-12(19(28)29)16(27)11-6-14(22)18(24-17(11)26)25-4-3-10(23)7-25;1-5(2,3)4/h1-2,5-6,8,10H,3-4,7,23H2,(H,28,29);(H2,1,2,3,4). The Morgan fingerprint density at radius 1 is 1.15 bits per heavy atom. The van der Waals surface area contributed by atoms with Crippen molar-refractivity contribution in [1.82, 2.24) is 9.55 Å². The second kappa shape index (κ2) is 9.38. The van der Waals surface area contributed by atoms with E-state index in [1.54, 1.807) is 4.90 Å². The third-order valence-corrected chi connectivity index (χ3v) is 4.84. The lowest BCUT2D eigenvalue weighted by atomic mass is 10.1. The number of carbonyl (C=O) groups is 1. The van der Waals surface area contributed by atoms with Crippen LogP contribution in [-0.4, -0.2) is 57.3 Å². The molecule has 1 fully saturated rings. The van der Waals surface area contributed by atoms with Gasteiger partial charge in [0, 0.05) is 31.4 Å². The van der Waals surface area contributed by atoms with Crippen LogP contribution in [0.3, 0.4) is 0 Å². The molecule has 1 aliphatic heterocycles. The molecule has 11 nitrogen and oxygen atoms in total. The number of nitrogens with two attached hydrogens (primary N) is 1. The lowest BCUT2D eigenvalue weighted by Crippen LogP contribution is -2.28. The van der Waals surface area contributed by atoms with E-state index in [1.165, 1.54) is 0 Å². The molecule has 0 aliphatic carbocycles. The van der Waals surface area contributed by atoms with Crippen molar-refractivity contribution >= 4 is 33.2 Å². The predicted octanol–water partition coefficient (Wildman–Crippen LogP) is 1.39. The van der Waals surface area contributed by atoms with Crippen molar-refractivity contribution in [2.24, 2.45) is 5.73 Å². The van der Waals surface area contributed by atoms with Crippen molar-refractivity contribution in [1.29, 1.82) is 0 Å². The summed E-state index contributed by atoms with van der Waals surface area (Å²) in [6.45, 7) is 0.788. The van der Waals surface area contributed by atoms with Gasteiger partial charge < -0.3 is 15.7 Å². The Morgan fingerprint density at radius 3 is 2.32 bits per heavy atom. The Labute approximate surface area is 189 Å². The van der Waals surface area contributed by atoms with E-state index in [-0.39, 0.29) is 28.6 Å². The van der Waals surface area contributed by atoms with Crippen LogP contribution in [0.15, 0.2) is 35.3 Å². The average Bonchev–Trinajstić information content (AvgIpc) is 3.13. The van der Waals surface area contributed by atoms with E-state index < -0.39 is 44.8 Å². The molecule has 5 N–H and O–H groups in total. The molecule has 15 heteroatoms. The van der Waals surface area contributed by atoms with Crippen molar-refractivity contribution in [3.8, 4) is 5.69 Å². The Kier molecular flexibility index (Phi) is 6.92. The Morgan fingerprint density at radius 2 is 1.79 bits per heavy atom. The fraction of sp³-hybridized carbons (Fsp3) is 0.211. The summed E-state index contributed by atoms with van der Waals surface area (Å²) in [5, 5.41) is 9.00. The second-order valence-electron chi connectivity index (χ2n) is 7.25. The van der Waals surface area contributed by atoms with Gasteiger partial charge in [-0.2, -0.15) is 8.42 Å². The van der Waals surface area contributed by atoms with Gasteiger partial charge in [-0.15, -0.1) is 0 Å². The van der Waals surface area contributed by atoms with Gasteiger partial charge >= 0.3 is 16.4 Å². The van der Waals surface area contributed by atoms with Crippen molar-refractivity contribution in [2.75, 3.05) is 18.0 Å². The molecule has 1 saturated heterocycles. The fourth-order valence-electron chi connectivity index (χ4n) is 3.43. The van der Waals surface area contributed by atoms with E-state index in [2.05, 4.69) is 4.98 Å². The number of aromatic nitrogens is 2. The van der Waals surface area contributed by atoms with E-state index in [9.17, 15) is 27.9 Å². The highest BCUT2D eigenvalue weighted by Gasteiger charge is 2.26. The molecule has 1 aromatic carbocycles. The molecular formula is C19H17F3N4O7S. The normalized spacial score (nSPS) is 15.8. The number of pyridine rings is 2. The fourth-order valence-corrected chi connectivity index (χ4v) is 3.43. The van der Waals surface area contributed by atoms with E-state index in [1.807, 2.05) is 0 Å². The summed E-state index contributed by atoms with van der Waals surface area (Å²) >= 11 is 0. The molecule has 0 amide bonds. The van der Waals surface area contributed by atoms with Gasteiger partial charge in [0.1, 0.15) is 17.2 Å². The molecule has 3 aromatic rings. The molecule has 0 saturated carbocycles. The third-order valence-electron chi connectivity index (χ3n) is 4.84. The summed E-state index contributed by atoms with van der Waals surface area (Å²) in [4.78, 5) is 29.8. The van der Waals surface area contributed by atoms with Gasteiger partial charge in [-0.3, -0.25) is 18.5 Å². The van der Waals surface area contributed by atoms with Crippen molar-refractivity contribution < 1.29 is 40.6 Å². The lowest BCUT2D eigenvalue weighted by Gasteiger charge is -2.19. The van der Waals surface area contributed by atoms with E-state index in [4.69, 9.17) is 23.3 Å². The number of carboxylic acid groups (broad SMARTS) is 1. The topological polar surface area (TPSA) is 176 Å². The zero-order valence-electron chi connectivity index (χ0n) is 17.0. The van der Waals surface area contributed by atoms with Crippen LogP contribution >= 0.6 is 0 Å². The zero-order chi connectivity index (χ0) is 25.4. The highest BCUT2D eigenvalue weighted by Crippen LogP contribution is 2.26. The summed E-state index contributed by atoms with van der Waals surface area (Å²) in [6.07, 6.45) is 1.52. The largest absolute Gasteiger partial charge is 0.477 e. The van der Waals surface area contributed by atoms with Gasteiger partial charge in [0.2, 0.25) is 5.43 Å². The minimum Gasteiger partial charge on any atom is -0.477 e. The van der Waals surface area contributed by atoms with Crippen molar-refractivity contribution in [3.63, 3.8) is 0 Å².